The number of phenolic OH excluding ortho intramolecular Hbond substituents is 1. The molecule has 1 aromatic rings. The van der Waals surface area contributed by atoms with Gasteiger partial charge in [-0.15, -0.1) is 24.8 Å². The van der Waals surface area contributed by atoms with E-state index in [0.29, 0.717) is 28.8 Å². The summed E-state index contributed by atoms with van der Waals surface area (Å²) in [5.74, 6) is 1.45. The smallest absolute Gasteiger partial charge is 0.172 e. The predicted molar refractivity (Wildman–Crippen MR) is 113 cm³/mol. The summed E-state index contributed by atoms with van der Waals surface area (Å²) in [6.45, 7) is 11.2. The number of rotatable bonds is 7. The zero-order valence-corrected chi connectivity index (χ0v) is 18.5. The maximum Gasteiger partial charge on any atom is 0.172 e. The fraction of sp³-hybridized carbons (Fsp3) is 0.667. The zero-order valence-electron chi connectivity index (χ0n) is 15.3. The van der Waals surface area contributed by atoms with Crippen LogP contribution in [-0.4, -0.2) is 42.8 Å². The van der Waals surface area contributed by atoms with Gasteiger partial charge in [0.2, 0.25) is 0 Å². The van der Waals surface area contributed by atoms with Crippen LogP contribution in [0.25, 0.3) is 0 Å². The highest BCUT2D eigenvalue weighted by Gasteiger charge is 2.24. The highest BCUT2D eigenvalue weighted by atomic mass is 79.9. The van der Waals surface area contributed by atoms with Crippen molar-refractivity contribution in [1.82, 2.24) is 10.2 Å². The normalized spacial score (nSPS) is 16.0. The van der Waals surface area contributed by atoms with E-state index in [0.717, 1.165) is 32.6 Å². The molecule has 0 amide bonds. The number of halogens is 3. The molecule has 2 rings (SSSR count). The van der Waals surface area contributed by atoms with Gasteiger partial charge in [0.15, 0.2) is 11.5 Å². The van der Waals surface area contributed by atoms with Crippen LogP contribution in [0.4, 0.5) is 0 Å². The molecule has 0 aromatic heterocycles. The summed E-state index contributed by atoms with van der Waals surface area (Å²) in [6, 6.07) is 4.43. The standard InChI is InChI=1S/C18H29BrN2O2.2ClH/c1-4-23-17-12-14(11-15(19)18(17)22)16(6-5-13(2)3)21-9-7-20-8-10-21;;/h11-13,16,20,22H,4-10H2,1-3H3;2*1H/t16-;;/m0../s1. The lowest BCUT2D eigenvalue weighted by Gasteiger charge is -2.36. The molecule has 0 aliphatic carbocycles. The first kappa shape index (κ1) is 24.8. The second kappa shape index (κ2) is 12.2. The summed E-state index contributed by atoms with van der Waals surface area (Å²) < 4.78 is 6.32. The number of hydrogen-bond donors (Lipinski definition) is 2. The fourth-order valence-corrected chi connectivity index (χ4v) is 3.56. The zero-order chi connectivity index (χ0) is 16.8. The number of ether oxygens (including phenoxy) is 1. The van der Waals surface area contributed by atoms with E-state index in [-0.39, 0.29) is 30.6 Å². The van der Waals surface area contributed by atoms with Crippen LogP contribution in [0.5, 0.6) is 11.5 Å². The molecule has 0 spiro atoms. The Bertz CT molecular complexity index is 512. The van der Waals surface area contributed by atoms with Crippen molar-refractivity contribution in [2.75, 3.05) is 32.8 Å². The Morgan fingerprint density at radius 3 is 2.40 bits per heavy atom. The van der Waals surface area contributed by atoms with E-state index in [1.807, 2.05) is 19.1 Å². The number of nitrogens with one attached hydrogen (secondary N) is 1. The van der Waals surface area contributed by atoms with Crippen LogP contribution in [0.2, 0.25) is 0 Å². The van der Waals surface area contributed by atoms with Gasteiger partial charge in [-0.05, 0) is 59.3 Å². The van der Waals surface area contributed by atoms with Crippen molar-refractivity contribution in [3.8, 4) is 11.5 Å². The molecular weight excluding hydrogens is 427 g/mol. The van der Waals surface area contributed by atoms with Crippen molar-refractivity contribution in [3.05, 3.63) is 22.2 Å². The van der Waals surface area contributed by atoms with E-state index >= 15 is 0 Å². The molecule has 7 heteroatoms. The number of hydrogen-bond acceptors (Lipinski definition) is 4. The third-order valence-electron chi connectivity index (χ3n) is 4.35. The fourth-order valence-electron chi connectivity index (χ4n) is 3.10. The molecule has 2 N–H and O–H groups in total. The van der Waals surface area contributed by atoms with E-state index in [1.54, 1.807) is 0 Å². The van der Waals surface area contributed by atoms with Gasteiger partial charge in [0.1, 0.15) is 0 Å². The first-order valence-corrected chi connectivity index (χ1v) is 9.42. The van der Waals surface area contributed by atoms with E-state index in [9.17, 15) is 5.11 Å². The van der Waals surface area contributed by atoms with Gasteiger partial charge in [0.25, 0.3) is 0 Å². The Morgan fingerprint density at radius 2 is 1.84 bits per heavy atom. The average molecular weight is 458 g/mol. The van der Waals surface area contributed by atoms with Crippen molar-refractivity contribution in [2.24, 2.45) is 5.92 Å². The van der Waals surface area contributed by atoms with Gasteiger partial charge in [-0.2, -0.15) is 0 Å². The molecule has 1 atom stereocenters. The number of phenols is 1. The first-order chi connectivity index (χ1) is 11.0. The Balaban J connectivity index is 0.00000288. The monoisotopic (exact) mass is 456 g/mol. The van der Waals surface area contributed by atoms with Crippen molar-refractivity contribution in [3.63, 3.8) is 0 Å². The molecule has 1 aliphatic heterocycles. The van der Waals surface area contributed by atoms with Crippen LogP contribution in [0.15, 0.2) is 16.6 Å². The molecule has 1 aliphatic rings. The number of aromatic hydroxyl groups is 1. The van der Waals surface area contributed by atoms with E-state index in [2.05, 4.69) is 40.0 Å². The molecule has 4 nitrogen and oxygen atoms in total. The minimum Gasteiger partial charge on any atom is -0.503 e. The Morgan fingerprint density at radius 1 is 1.20 bits per heavy atom. The van der Waals surface area contributed by atoms with E-state index in [4.69, 9.17) is 4.74 Å². The molecule has 1 saturated heterocycles. The van der Waals surface area contributed by atoms with Crippen molar-refractivity contribution in [1.29, 1.82) is 0 Å². The Labute approximate surface area is 172 Å². The molecule has 0 bridgehead atoms. The molecule has 146 valence electrons. The summed E-state index contributed by atoms with van der Waals surface area (Å²) in [4.78, 5) is 2.55. The SMILES string of the molecule is CCOc1cc([C@H](CCC(C)C)N2CCNCC2)cc(Br)c1O.Cl.Cl. The van der Waals surface area contributed by atoms with Gasteiger partial charge in [-0.1, -0.05) is 13.8 Å². The maximum absolute atomic E-state index is 10.2. The Hall–Kier alpha value is -0.200. The van der Waals surface area contributed by atoms with Crippen LogP contribution in [0, 0.1) is 5.92 Å². The van der Waals surface area contributed by atoms with Crippen LogP contribution < -0.4 is 10.1 Å². The first-order valence-electron chi connectivity index (χ1n) is 8.62. The third-order valence-corrected chi connectivity index (χ3v) is 4.95. The van der Waals surface area contributed by atoms with Crippen molar-refractivity contribution < 1.29 is 9.84 Å². The van der Waals surface area contributed by atoms with Gasteiger partial charge >= 0.3 is 0 Å². The van der Waals surface area contributed by atoms with Crippen LogP contribution in [-0.2, 0) is 0 Å². The Kier molecular flexibility index (Phi) is 12.1. The van der Waals surface area contributed by atoms with Gasteiger partial charge in [0.05, 0.1) is 11.1 Å². The molecule has 1 heterocycles. The number of piperazine rings is 1. The lowest BCUT2D eigenvalue weighted by molar-refractivity contribution is 0.159. The molecule has 25 heavy (non-hydrogen) atoms. The highest BCUT2D eigenvalue weighted by molar-refractivity contribution is 9.10. The third kappa shape index (κ3) is 7.14. The highest BCUT2D eigenvalue weighted by Crippen LogP contribution is 2.39. The average Bonchev–Trinajstić information content (AvgIpc) is 2.53. The molecular formula is C18H31BrCl2N2O2. The summed E-state index contributed by atoms with van der Waals surface area (Å²) in [7, 11) is 0. The van der Waals surface area contributed by atoms with Gasteiger partial charge in [0, 0.05) is 32.2 Å². The molecule has 1 fully saturated rings. The predicted octanol–water partition coefficient (Wildman–Crippen LogP) is 4.78. The quantitative estimate of drug-likeness (QED) is 0.618. The molecule has 1 aromatic carbocycles. The lowest BCUT2D eigenvalue weighted by atomic mass is 9.95. The van der Waals surface area contributed by atoms with Crippen LogP contribution in [0.3, 0.4) is 0 Å². The second-order valence-electron chi connectivity index (χ2n) is 6.56. The van der Waals surface area contributed by atoms with Crippen LogP contribution >= 0.6 is 40.7 Å². The lowest BCUT2D eigenvalue weighted by Crippen LogP contribution is -2.45. The minimum atomic E-state index is 0. The van der Waals surface area contributed by atoms with E-state index in [1.165, 1.54) is 12.0 Å². The van der Waals surface area contributed by atoms with Crippen molar-refractivity contribution in [2.45, 2.75) is 39.7 Å². The molecule has 0 radical (unpaired) electrons. The summed E-state index contributed by atoms with van der Waals surface area (Å²) in [6.07, 6.45) is 2.32. The number of nitrogens with zero attached hydrogens (tertiary/aromatic N) is 1. The van der Waals surface area contributed by atoms with Crippen LogP contribution in [0.1, 0.15) is 45.2 Å². The summed E-state index contributed by atoms with van der Waals surface area (Å²) >= 11 is 3.48. The largest absolute Gasteiger partial charge is 0.503 e. The molecule has 0 unspecified atom stereocenters. The maximum atomic E-state index is 10.2. The second-order valence-corrected chi connectivity index (χ2v) is 7.41. The molecule has 0 saturated carbocycles. The topological polar surface area (TPSA) is 44.7 Å². The van der Waals surface area contributed by atoms with Crippen molar-refractivity contribution >= 4 is 40.7 Å². The van der Waals surface area contributed by atoms with Gasteiger partial charge in [-0.25, -0.2) is 0 Å². The summed E-state index contributed by atoms with van der Waals surface area (Å²) in [5, 5.41) is 13.6. The van der Waals surface area contributed by atoms with Gasteiger partial charge < -0.3 is 15.2 Å². The minimum absolute atomic E-state index is 0. The van der Waals surface area contributed by atoms with E-state index < -0.39 is 0 Å². The summed E-state index contributed by atoms with van der Waals surface area (Å²) in [5.41, 5.74) is 1.22. The number of benzene rings is 1. The van der Waals surface area contributed by atoms with Gasteiger partial charge in [-0.3, -0.25) is 4.90 Å².